The number of hydrogen-bond donors (Lipinski definition) is 1. The minimum atomic E-state index is -0.466. The number of hydrogen-bond acceptors (Lipinski definition) is 4. The van der Waals surface area contributed by atoms with Gasteiger partial charge in [-0.1, -0.05) is 35.4 Å². The van der Waals surface area contributed by atoms with Crippen LogP contribution in [0.2, 0.25) is 0 Å². The molecule has 1 heterocycles. The number of benzene rings is 2. The molecule has 0 aromatic heterocycles. The van der Waals surface area contributed by atoms with Gasteiger partial charge in [0.2, 0.25) is 0 Å². The van der Waals surface area contributed by atoms with E-state index in [1.165, 1.54) is 16.8 Å². The van der Waals surface area contributed by atoms with E-state index in [1.807, 2.05) is 24.3 Å². The molecule has 0 amide bonds. The number of ether oxygens (including phenoxy) is 1. The van der Waals surface area contributed by atoms with Gasteiger partial charge >= 0.3 is 0 Å². The summed E-state index contributed by atoms with van der Waals surface area (Å²) in [6.07, 6.45) is -0.466. The molecular formula is C21H28N2O2. The molecule has 4 heteroatoms. The van der Waals surface area contributed by atoms with Crippen LogP contribution in [-0.2, 0) is 0 Å². The molecule has 0 bridgehead atoms. The van der Waals surface area contributed by atoms with Gasteiger partial charge < -0.3 is 14.7 Å². The molecule has 1 N–H and O–H groups in total. The van der Waals surface area contributed by atoms with Crippen LogP contribution in [0, 0.1) is 13.8 Å². The van der Waals surface area contributed by atoms with Crippen molar-refractivity contribution in [2.45, 2.75) is 20.0 Å². The highest BCUT2D eigenvalue weighted by Gasteiger charge is 2.19. The lowest BCUT2D eigenvalue weighted by Gasteiger charge is -2.36. The van der Waals surface area contributed by atoms with Gasteiger partial charge in [-0.05, 0) is 38.1 Å². The van der Waals surface area contributed by atoms with Crippen LogP contribution < -0.4 is 9.64 Å². The summed E-state index contributed by atoms with van der Waals surface area (Å²) in [6, 6.07) is 16.6. The molecule has 1 fully saturated rings. The first-order valence-electron chi connectivity index (χ1n) is 9.01. The first-order valence-corrected chi connectivity index (χ1v) is 9.01. The Morgan fingerprint density at radius 2 is 1.44 bits per heavy atom. The molecule has 2 aromatic carbocycles. The number of aryl methyl sites for hydroxylation is 2. The molecule has 2 aromatic rings. The average Bonchev–Trinajstić information content (AvgIpc) is 2.63. The molecule has 0 radical (unpaired) electrons. The lowest BCUT2D eigenvalue weighted by molar-refractivity contribution is 0.0663. The Morgan fingerprint density at radius 1 is 0.880 bits per heavy atom. The van der Waals surface area contributed by atoms with Crippen molar-refractivity contribution in [2.24, 2.45) is 0 Å². The van der Waals surface area contributed by atoms with E-state index in [9.17, 15) is 5.11 Å². The fraction of sp³-hybridized carbons (Fsp3) is 0.429. The van der Waals surface area contributed by atoms with Crippen molar-refractivity contribution in [3.8, 4) is 5.75 Å². The van der Waals surface area contributed by atoms with Crippen molar-refractivity contribution >= 4 is 5.69 Å². The van der Waals surface area contributed by atoms with E-state index in [1.54, 1.807) is 0 Å². The molecule has 4 nitrogen and oxygen atoms in total. The van der Waals surface area contributed by atoms with Gasteiger partial charge in [-0.3, -0.25) is 4.90 Å². The van der Waals surface area contributed by atoms with Crippen LogP contribution in [-0.4, -0.2) is 55.4 Å². The Hall–Kier alpha value is -2.04. The van der Waals surface area contributed by atoms with E-state index < -0.39 is 6.10 Å². The van der Waals surface area contributed by atoms with Gasteiger partial charge in [0.25, 0.3) is 0 Å². The molecule has 0 saturated carbocycles. The highest BCUT2D eigenvalue weighted by molar-refractivity contribution is 5.47. The minimum absolute atomic E-state index is 0.335. The van der Waals surface area contributed by atoms with Crippen LogP contribution in [0.15, 0.2) is 48.5 Å². The molecule has 1 atom stereocenters. The summed E-state index contributed by atoms with van der Waals surface area (Å²) < 4.78 is 5.68. The predicted octanol–water partition coefficient (Wildman–Crippen LogP) is 2.87. The Bertz CT molecular complexity index is 647. The van der Waals surface area contributed by atoms with E-state index in [-0.39, 0.29) is 0 Å². The number of β-amino-alcohol motifs (C(OH)–C–C–N with tert-alkyl or cyclic N) is 1. The Kier molecular flexibility index (Phi) is 5.95. The Labute approximate surface area is 150 Å². The maximum atomic E-state index is 10.3. The van der Waals surface area contributed by atoms with Gasteiger partial charge in [0.15, 0.2) is 0 Å². The van der Waals surface area contributed by atoms with Crippen molar-refractivity contribution in [1.29, 1.82) is 0 Å². The van der Waals surface area contributed by atoms with Crippen molar-refractivity contribution < 1.29 is 9.84 Å². The minimum Gasteiger partial charge on any atom is -0.491 e. The highest BCUT2D eigenvalue weighted by Crippen LogP contribution is 2.17. The quantitative estimate of drug-likeness (QED) is 0.877. The molecule has 134 valence electrons. The van der Waals surface area contributed by atoms with Gasteiger partial charge in [0.1, 0.15) is 18.5 Å². The molecule has 0 spiro atoms. The maximum absolute atomic E-state index is 10.3. The molecular weight excluding hydrogens is 312 g/mol. The second kappa shape index (κ2) is 8.37. The van der Waals surface area contributed by atoms with E-state index in [4.69, 9.17) is 4.74 Å². The molecule has 1 saturated heterocycles. The predicted molar refractivity (Wildman–Crippen MR) is 103 cm³/mol. The normalized spacial score (nSPS) is 16.7. The summed E-state index contributed by atoms with van der Waals surface area (Å²) in [4.78, 5) is 4.72. The van der Waals surface area contributed by atoms with E-state index in [2.05, 4.69) is 47.9 Å². The van der Waals surface area contributed by atoms with Crippen LogP contribution in [0.1, 0.15) is 11.1 Å². The number of anilines is 1. The third-order valence-electron chi connectivity index (χ3n) is 4.70. The fourth-order valence-corrected chi connectivity index (χ4v) is 3.12. The largest absolute Gasteiger partial charge is 0.491 e. The monoisotopic (exact) mass is 340 g/mol. The molecule has 0 unspecified atom stereocenters. The van der Waals surface area contributed by atoms with Crippen molar-refractivity contribution in [2.75, 3.05) is 44.2 Å². The summed E-state index contributed by atoms with van der Waals surface area (Å²) in [7, 11) is 0. The van der Waals surface area contributed by atoms with Crippen LogP contribution in [0.3, 0.4) is 0 Å². The van der Waals surface area contributed by atoms with Crippen molar-refractivity contribution in [1.82, 2.24) is 4.90 Å². The zero-order valence-corrected chi connectivity index (χ0v) is 15.2. The second-order valence-corrected chi connectivity index (χ2v) is 6.90. The van der Waals surface area contributed by atoms with E-state index >= 15 is 0 Å². The molecule has 1 aliphatic heterocycles. The van der Waals surface area contributed by atoms with Crippen LogP contribution in [0.5, 0.6) is 5.75 Å². The van der Waals surface area contributed by atoms with Crippen LogP contribution in [0.25, 0.3) is 0 Å². The summed E-state index contributed by atoms with van der Waals surface area (Å²) in [5.74, 6) is 0.814. The first-order chi connectivity index (χ1) is 12.1. The first kappa shape index (κ1) is 17.8. The number of rotatable bonds is 6. The smallest absolute Gasteiger partial charge is 0.119 e. The topological polar surface area (TPSA) is 35.9 Å². The summed E-state index contributed by atoms with van der Waals surface area (Å²) >= 11 is 0. The molecule has 1 aliphatic rings. The third kappa shape index (κ3) is 5.21. The highest BCUT2D eigenvalue weighted by atomic mass is 16.5. The number of aliphatic hydroxyl groups excluding tert-OH is 1. The molecule has 3 rings (SSSR count). The number of piperazine rings is 1. The third-order valence-corrected chi connectivity index (χ3v) is 4.70. The SMILES string of the molecule is Cc1ccc(OC[C@@H](O)CN2CCN(c3ccc(C)cc3)CC2)cc1. The van der Waals surface area contributed by atoms with Crippen LogP contribution in [0.4, 0.5) is 5.69 Å². The van der Waals surface area contributed by atoms with Crippen LogP contribution >= 0.6 is 0 Å². The van der Waals surface area contributed by atoms with Gasteiger partial charge in [0.05, 0.1) is 0 Å². The zero-order chi connectivity index (χ0) is 17.6. The Balaban J connectivity index is 1.40. The molecule has 25 heavy (non-hydrogen) atoms. The second-order valence-electron chi connectivity index (χ2n) is 6.90. The van der Waals surface area contributed by atoms with E-state index in [0.29, 0.717) is 13.2 Å². The van der Waals surface area contributed by atoms with Gasteiger partial charge in [-0.15, -0.1) is 0 Å². The maximum Gasteiger partial charge on any atom is 0.119 e. The van der Waals surface area contributed by atoms with E-state index in [0.717, 1.165) is 31.9 Å². The number of nitrogens with zero attached hydrogens (tertiary/aromatic N) is 2. The van der Waals surface area contributed by atoms with Gasteiger partial charge in [-0.2, -0.15) is 0 Å². The van der Waals surface area contributed by atoms with Crippen molar-refractivity contribution in [3.63, 3.8) is 0 Å². The summed E-state index contributed by atoms with van der Waals surface area (Å²) in [5, 5.41) is 10.3. The Morgan fingerprint density at radius 3 is 2.04 bits per heavy atom. The average molecular weight is 340 g/mol. The lowest BCUT2D eigenvalue weighted by Crippen LogP contribution is -2.49. The van der Waals surface area contributed by atoms with Gasteiger partial charge in [-0.25, -0.2) is 0 Å². The number of aliphatic hydroxyl groups is 1. The molecule has 0 aliphatic carbocycles. The summed E-state index contributed by atoms with van der Waals surface area (Å²) in [6.45, 7) is 9.08. The zero-order valence-electron chi connectivity index (χ0n) is 15.2. The summed E-state index contributed by atoms with van der Waals surface area (Å²) in [5.41, 5.74) is 3.78. The standard InChI is InChI=1S/C21H28N2O2/c1-17-3-7-19(8-4-17)23-13-11-22(12-14-23)15-20(24)16-25-21-9-5-18(2)6-10-21/h3-10,20,24H,11-16H2,1-2H3/t20-/m0/s1. The lowest BCUT2D eigenvalue weighted by atomic mass is 10.2. The van der Waals surface area contributed by atoms with Crippen molar-refractivity contribution in [3.05, 3.63) is 59.7 Å². The van der Waals surface area contributed by atoms with Gasteiger partial charge in [0, 0.05) is 38.4 Å². The fourth-order valence-electron chi connectivity index (χ4n) is 3.12.